The molecule has 0 aliphatic rings. The third-order valence-corrected chi connectivity index (χ3v) is 4.07. The second-order valence-corrected chi connectivity index (χ2v) is 5.74. The molecule has 1 aromatic heterocycles. The minimum Gasteiger partial charge on any atom is -0.351 e. The molecule has 92 valence electrons. The largest absolute Gasteiger partial charge is 0.351 e. The van der Waals surface area contributed by atoms with Crippen molar-refractivity contribution in [2.75, 3.05) is 25.5 Å². The molecule has 0 aromatic carbocycles. The average Bonchev–Trinajstić information content (AvgIpc) is 2.58. The lowest BCUT2D eigenvalue weighted by molar-refractivity contribution is 0.637. The quantitative estimate of drug-likeness (QED) is 0.859. The molecule has 0 aliphatic heterocycles. The van der Waals surface area contributed by atoms with Crippen molar-refractivity contribution in [2.24, 2.45) is 5.92 Å². The SMILES string of the molecule is CNC(C)c1sc(N(C)CC(C)C)nc1C. The van der Waals surface area contributed by atoms with Gasteiger partial charge in [-0.2, -0.15) is 0 Å². The standard InChI is InChI=1S/C12H23N3S/c1-8(2)7-15(6)12-14-10(4)11(16-12)9(3)13-5/h8-9,13H,7H2,1-6H3. The molecule has 1 aromatic rings. The van der Waals surface area contributed by atoms with Crippen LogP contribution in [0.2, 0.25) is 0 Å². The monoisotopic (exact) mass is 241 g/mol. The summed E-state index contributed by atoms with van der Waals surface area (Å²) in [4.78, 5) is 8.22. The minimum atomic E-state index is 0.388. The van der Waals surface area contributed by atoms with E-state index >= 15 is 0 Å². The predicted molar refractivity (Wildman–Crippen MR) is 72.4 cm³/mol. The van der Waals surface area contributed by atoms with Gasteiger partial charge < -0.3 is 10.2 Å². The molecule has 0 bridgehead atoms. The van der Waals surface area contributed by atoms with Gasteiger partial charge in [-0.25, -0.2) is 4.98 Å². The highest BCUT2D eigenvalue weighted by Crippen LogP contribution is 2.30. The molecular formula is C12H23N3S. The highest BCUT2D eigenvalue weighted by atomic mass is 32.1. The molecule has 1 rings (SSSR count). The molecule has 1 N–H and O–H groups in total. The summed E-state index contributed by atoms with van der Waals surface area (Å²) in [6.45, 7) is 9.78. The van der Waals surface area contributed by atoms with Crippen molar-refractivity contribution in [3.63, 3.8) is 0 Å². The van der Waals surface area contributed by atoms with Gasteiger partial charge in [0, 0.05) is 24.5 Å². The normalized spacial score (nSPS) is 13.2. The zero-order chi connectivity index (χ0) is 12.3. The number of hydrogen-bond donors (Lipinski definition) is 1. The Morgan fingerprint density at radius 2 is 2.00 bits per heavy atom. The van der Waals surface area contributed by atoms with Crippen LogP contribution in [0.5, 0.6) is 0 Å². The molecule has 16 heavy (non-hydrogen) atoms. The number of thiazole rings is 1. The first kappa shape index (κ1) is 13.5. The maximum Gasteiger partial charge on any atom is 0.185 e. The van der Waals surface area contributed by atoms with E-state index in [9.17, 15) is 0 Å². The zero-order valence-electron chi connectivity index (χ0n) is 11.2. The lowest BCUT2D eigenvalue weighted by Crippen LogP contribution is -2.22. The van der Waals surface area contributed by atoms with E-state index in [2.05, 4.69) is 49.9 Å². The van der Waals surface area contributed by atoms with Crippen LogP contribution in [0, 0.1) is 12.8 Å². The van der Waals surface area contributed by atoms with Gasteiger partial charge in [0.2, 0.25) is 0 Å². The van der Waals surface area contributed by atoms with Gasteiger partial charge in [0.25, 0.3) is 0 Å². The summed E-state index contributed by atoms with van der Waals surface area (Å²) in [5.41, 5.74) is 1.15. The van der Waals surface area contributed by atoms with Crippen molar-refractivity contribution in [1.82, 2.24) is 10.3 Å². The van der Waals surface area contributed by atoms with Gasteiger partial charge in [0.05, 0.1) is 5.69 Å². The first-order valence-corrected chi connectivity index (χ1v) is 6.63. The van der Waals surface area contributed by atoms with Crippen LogP contribution in [-0.2, 0) is 0 Å². The third-order valence-electron chi connectivity index (χ3n) is 2.61. The molecule has 1 unspecified atom stereocenters. The van der Waals surface area contributed by atoms with E-state index in [0.717, 1.165) is 17.4 Å². The summed E-state index contributed by atoms with van der Waals surface area (Å²) in [7, 11) is 4.10. The van der Waals surface area contributed by atoms with Crippen LogP contribution in [0.15, 0.2) is 0 Å². The molecule has 1 heterocycles. The predicted octanol–water partition coefficient (Wildman–Crippen LogP) is 2.82. The van der Waals surface area contributed by atoms with Crippen molar-refractivity contribution in [1.29, 1.82) is 0 Å². The highest BCUT2D eigenvalue weighted by Gasteiger charge is 2.15. The molecule has 1 atom stereocenters. The smallest absolute Gasteiger partial charge is 0.185 e. The Hall–Kier alpha value is -0.610. The molecule has 4 heteroatoms. The molecule has 0 amide bonds. The van der Waals surface area contributed by atoms with Crippen LogP contribution in [0.25, 0.3) is 0 Å². The Kier molecular flexibility index (Phi) is 4.74. The Labute approximate surface area is 103 Å². The average molecular weight is 241 g/mol. The first-order valence-electron chi connectivity index (χ1n) is 5.81. The summed E-state index contributed by atoms with van der Waals surface area (Å²) >= 11 is 1.79. The van der Waals surface area contributed by atoms with Crippen molar-refractivity contribution >= 4 is 16.5 Å². The van der Waals surface area contributed by atoms with Crippen LogP contribution < -0.4 is 10.2 Å². The Balaban J connectivity index is 2.83. The van der Waals surface area contributed by atoms with Crippen LogP contribution in [0.3, 0.4) is 0 Å². The number of aryl methyl sites for hydroxylation is 1. The molecule has 0 fully saturated rings. The fraction of sp³-hybridized carbons (Fsp3) is 0.750. The lowest BCUT2D eigenvalue weighted by Gasteiger charge is -2.17. The second-order valence-electron chi connectivity index (χ2n) is 4.73. The molecule has 0 aliphatic carbocycles. The fourth-order valence-corrected chi connectivity index (χ4v) is 2.81. The van der Waals surface area contributed by atoms with Crippen molar-refractivity contribution in [2.45, 2.75) is 33.7 Å². The second kappa shape index (κ2) is 5.64. The summed E-state index contributed by atoms with van der Waals surface area (Å²) < 4.78 is 0. The topological polar surface area (TPSA) is 28.2 Å². The number of nitrogens with zero attached hydrogens (tertiary/aromatic N) is 2. The number of hydrogen-bond acceptors (Lipinski definition) is 4. The van der Waals surface area contributed by atoms with E-state index < -0.39 is 0 Å². The van der Waals surface area contributed by atoms with Gasteiger partial charge in [-0.1, -0.05) is 13.8 Å². The fourth-order valence-electron chi connectivity index (χ4n) is 1.72. The van der Waals surface area contributed by atoms with E-state index in [0.29, 0.717) is 12.0 Å². The number of rotatable bonds is 5. The third kappa shape index (κ3) is 3.19. The van der Waals surface area contributed by atoms with E-state index in [1.807, 2.05) is 7.05 Å². The van der Waals surface area contributed by atoms with Crippen LogP contribution in [0.1, 0.15) is 37.4 Å². The number of nitrogens with one attached hydrogen (secondary N) is 1. The maximum atomic E-state index is 4.64. The van der Waals surface area contributed by atoms with E-state index in [-0.39, 0.29) is 0 Å². The number of aromatic nitrogens is 1. The van der Waals surface area contributed by atoms with Crippen molar-refractivity contribution < 1.29 is 0 Å². The van der Waals surface area contributed by atoms with Gasteiger partial charge in [-0.05, 0) is 26.8 Å². The Bertz CT molecular complexity index is 333. The Morgan fingerprint density at radius 1 is 1.38 bits per heavy atom. The van der Waals surface area contributed by atoms with Crippen LogP contribution in [-0.4, -0.2) is 25.6 Å². The summed E-state index contributed by atoms with van der Waals surface area (Å²) in [6, 6.07) is 0.388. The summed E-state index contributed by atoms with van der Waals surface area (Å²) in [5, 5.41) is 4.40. The maximum absolute atomic E-state index is 4.64. The van der Waals surface area contributed by atoms with Crippen LogP contribution in [0.4, 0.5) is 5.13 Å². The number of anilines is 1. The molecular weight excluding hydrogens is 218 g/mol. The van der Waals surface area contributed by atoms with Gasteiger partial charge in [-0.15, -0.1) is 11.3 Å². The van der Waals surface area contributed by atoms with Crippen molar-refractivity contribution in [3.8, 4) is 0 Å². The molecule has 0 spiro atoms. The van der Waals surface area contributed by atoms with Gasteiger partial charge >= 0.3 is 0 Å². The highest BCUT2D eigenvalue weighted by molar-refractivity contribution is 7.15. The van der Waals surface area contributed by atoms with Crippen molar-refractivity contribution in [3.05, 3.63) is 10.6 Å². The van der Waals surface area contributed by atoms with Gasteiger partial charge in [-0.3, -0.25) is 0 Å². The molecule has 0 radical (unpaired) electrons. The van der Waals surface area contributed by atoms with E-state index in [1.54, 1.807) is 11.3 Å². The van der Waals surface area contributed by atoms with Gasteiger partial charge in [0.1, 0.15) is 0 Å². The zero-order valence-corrected chi connectivity index (χ0v) is 12.0. The van der Waals surface area contributed by atoms with E-state index in [1.165, 1.54) is 4.88 Å². The summed E-state index contributed by atoms with van der Waals surface area (Å²) in [6.07, 6.45) is 0. The lowest BCUT2D eigenvalue weighted by atomic mass is 10.2. The molecule has 0 saturated heterocycles. The van der Waals surface area contributed by atoms with Crippen LogP contribution >= 0.6 is 11.3 Å². The Morgan fingerprint density at radius 3 is 2.50 bits per heavy atom. The molecule has 0 saturated carbocycles. The summed E-state index contributed by atoms with van der Waals surface area (Å²) in [5.74, 6) is 0.666. The van der Waals surface area contributed by atoms with Gasteiger partial charge in [0.15, 0.2) is 5.13 Å². The van der Waals surface area contributed by atoms with E-state index in [4.69, 9.17) is 0 Å². The first-order chi connectivity index (χ1) is 7.45. The molecule has 3 nitrogen and oxygen atoms in total. The minimum absolute atomic E-state index is 0.388.